The van der Waals surface area contributed by atoms with Gasteiger partial charge in [-0.1, -0.05) is 0 Å². The maximum atomic E-state index is 11.9. The second-order valence-electron chi connectivity index (χ2n) is 5.63. The monoisotopic (exact) mass is 302 g/mol. The van der Waals surface area contributed by atoms with Crippen LogP contribution in [0.2, 0.25) is 0 Å². The van der Waals surface area contributed by atoms with Crippen molar-refractivity contribution >= 4 is 22.8 Å². The molecule has 1 aliphatic carbocycles. The summed E-state index contributed by atoms with van der Waals surface area (Å²) in [6, 6.07) is 0.00726. The van der Waals surface area contributed by atoms with Crippen molar-refractivity contribution in [2.24, 2.45) is 5.92 Å². The molecule has 2 fully saturated rings. The summed E-state index contributed by atoms with van der Waals surface area (Å²) >= 11 is 0. The molecule has 6 nitrogen and oxygen atoms in total. The van der Waals surface area contributed by atoms with Crippen LogP contribution in [0.25, 0.3) is 0 Å². The highest BCUT2D eigenvalue weighted by molar-refractivity contribution is 7.85. The van der Waals surface area contributed by atoms with Gasteiger partial charge in [0.05, 0.1) is 5.92 Å². The van der Waals surface area contributed by atoms with Crippen molar-refractivity contribution in [1.29, 1.82) is 0 Å². The topological polar surface area (TPSA) is 95.5 Å². The number of aliphatic carboxylic acids is 1. The molecular formula is C13H22N2O4S. The zero-order valence-corrected chi connectivity index (χ0v) is 12.3. The molecule has 1 saturated heterocycles. The lowest BCUT2D eigenvalue weighted by atomic mass is 9.86. The lowest BCUT2D eigenvalue weighted by Gasteiger charge is -2.28. The second kappa shape index (κ2) is 7.06. The van der Waals surface area contributed by atoms with Crippen molar-refractivity contribution in [2.75, 3.05) is 11.5 Å². The summed E-state index contributed by atoms with van der Waals surface area (Å²) in [6.45, 7) is 0. The quantitative estimate of drug-likeness (QED) is 0.720. The van der Waals surface area contributed by atoms with E-state index in [4.69, 9.17) is 5.11 Å². The normalized spacial score (nSPS) is 34.2. The Morgan fingerprint density at radius 2 is 1.40 bits per heavy atom. The van der Waals surface area contributed by atoms with E-state index in [1.807, 2.05) is 0 Å². The first-order valence-electron chi connectivity index (χ1n) is 7.19. The van der Waals surface area contributed by atoms with Crippen molar-refractivity contribution in [3.05, 3.63) is 0 Å². The van der Waals surface area contributed by atoms with Crippen LogP contribution in [0.3, 0.4) is 0 Å². The number of carboxylic acid groups (broad SMARTS) is 1. The van der Waals surface area contributed by atoms with Gasteiger partial charge in [0.2, 0.25) is 0 Å². The zero-order valence-electron chi connectivity index (χ0n) is 11.5. The number of urea groups is 1. The van der Waals surface area contributed by atoms with E-state index in [0.717, 1.165) is 25.7 Å². The molecule has 1 aliphatic heterocycles. The maximum absolute atomic E-state index is 11.9. The molecule has 1 heterocycles. The van der Waals surface area contributed by atoms with E-state index in [1.54, 1.807) is 0 Å². The van der Waals surface area contributed by atoms with Crippen LogP contribution in [0, 0.1) is 5.92 Å². The molecule has 2 amide bonds. The predicted molar refractivity (Wildman–Crippen MR) is 75.9 cm³/mol. The molecule has 0 aromatic rings. The number of hydrogen-bond donors (Lipinski definition) is 3. The predicted octanol–water partition coefficient (Wildman–Crippen LogP) is 0.840. The summed E-state index contributed by atoms with van der Waals surface area (Å²) in [4.78, 5) is 22.7. The van der Waals surface area contributed by atoms with Crippen molar-refractivity contribution in [1.82, 2.24) is 10.6 Å². The van der Waals surface area contributed by atoms with Gasteiger partial charge in [0.15, 0.2) is 0 Å². The minimum absolute atomic E-state index is 0.0725. The van der Waals surface area contributed by atoms with E-state index in [9.17, 15) is 13.8 Å². The summed E-state index contributed by atoms with van der Waals surface area (Å²) in [5.74, 6) is 0.330. The van der Waals surface area contributed by atoms with Crippen molar-refractivity contribution in [2.45, 2.75) is 50.6 Å². The highest BCUT2D eigenvalue weighted by atomic mass is 32.2. The Morgan fingerprint density at radius 1 is 0.900 bits per heavy atom. The lowest BCUT2D eigenvalue weighted by Crippen LogP contribution is -2.49. The smallest absolute Gasteiger partial charge is 0.315 e. The van der Waals surface area contributed by atoms with E-state index >= 15 is 0 Å². The van der Waals surface area contributed by atoms with Crippen LogP contribution in [0.15, 0.2) is 0 Å². The first kappa shape index (κ1) is 15.3. The molecule has 20 heavy (non-hydrogen) atoms. The number of carbonyl (C=O) groups is 2. The van der Waals surface area contributed by atoms with Gasteiger partial charge in [0.1, 0.15) is 0 Å². The fourth-order valence-electron chi connectivity index (χ4n) is 2.84. The summed E-state index contributed by atoms with van der Waals surface area (Å²) in [7, 11) is -0.718. The summed E-state index contributed by atoms with van der Waals surface area (Å²) < 4.78 is 11.2. The number of rotatable bonds is 3. The van der Waals surface area contributed by atoms with Crippen LogP contribution >= 0.6 is 0 Å². The average Bonchev–Trinajstić information content (AvgIpc) is 2.42. The third-order valence-corrected chi connectivity index (χ3v) is 5.52. The number of amides is 2. The molecule has 0 aromatic heterocycles. The fraction of sp³-hybridized carbons (Fsp3) is 0.846. The SMILES string of the molecule is O=C(NC1CCC(C(=O)O)CC1)NC1CCS(=O)CC1. The molecule has 2 rings (SSSR count). The van der Waals surface area contributed by atoms with Gasteiger partial charge in [-0.05, 0) is 38.5 Å². The Balaban J connectivity index is 1.67. The van der Waals surface area contributed by atoms with Crippen molar-refractivity contribution in [3.8, 4) is 0 Å². The van der Waals surface area contributed by atoms with Crippen LogP contribution in [0.5, 0.6) is 0 Å². The molecule has 0 aromatic carbocycles. The van der Waals surface area contributed by atoms with E-state index < -0.39 is 16.8 Å². The molecule has 0 radical (unpaired) electrons. The second-order valence-corrected chi connectivity index (χ2v) is 7.32. The van der Waals surface area contributed by atoms with Crippen LogP contribution in [0.1, 0.15) is 38.5 Å². The van der Waals surface area contributed by atoms with Crippen LogP contribution in [-0.4, -0.2) is 44.9 Å². The highest BCUT2D eigenvalue weighted by Crippen LogP contribution is 2.24. The molecule has 0 unspecified atom stereocenters. The molecule has 114 valence electrons. The van der Waals surface area contributed by atoms with Gasteiger partial charge < -0.3 is 15.7 Å². The van der Waals surface area contributed by atoms with Gasteiger partial charge in [-0.2, -0.15) is 0 Å². The van der Waals surface area contributed by atoms with Gasteiger partial charge in [-0.25, -0.2) is 4.79 Å². The number of nitrogens with one attached hydrogen (secondary N) is 2. The third kappa shape index (κ3) is 4.47. The zero-order chi connectivity index (χ0) is 14.5. The molecule has 0 bridgehead atoms. The minimum Gasteiger partial charge on any atom is -0.481 e. The summed E-state index contributed by atoms with van der Waals surface area (Å²) in [6.07, 6.45) is 4.24. The Labute approximate surface area is 121 Å². The van der Waals surface area contributed by atoms with E-state index in [0.29, 0.717) is 24.3 Å². The molecule has 1 saturated carbocycles. The Bertz CT molecular complexity index is 384. The summed E-state index contributed by atoms with van der Waals surface area (Å²) in [5, 5.41) is 14.8. The molecule has 0 atom stereocenters. The largest absolute Gasteiger partial charge is 0.481 e. The Morgan fingerprint density at radius 3 is 1.90 bits per heavy atom. The molecule has 0 spiro atoms. The summed E-state index contributed by atoms with van der Waals surface area (Å²) in [5.41, 5.74) is 0. The van der Waals surface area contributed by atoms with E-state index in [1.165, 1.54) is 0 Å². The first-order valence-corrected chi connectivity index (χ1v) is 8.68. The van der Waals surface area contributed by atoms with E-state index in [2.05, 4.69) is 10.6 Å². The van der Waals surface area contributed by atoms with Gasteiger partial charge in [0.25, 0.3) is 0 Å². The third-order valence-electron chi connectivity index (χ3n) is 4.13. The van der Waals surface area contributed by atoms with E-state index in [-0.39, 0.29) is 24.0 Å². The van der Waals surface area contributed by atoms with Gasteiger partial charge >= 0.3 is 12.0 Å². The lowest BCUT2D eigenvalue weighted by molar-refractivity contribution is -0.142. The Kier molecular flexibility index (Phi) is 5.39. The van der Waals surface area contributed by atoms with Crippen molar-refractivity contribution in [3.63, 3.8) is 0 Å². The molecular weight excluding hydrogens is 280 g/mol. The molecule has 3 N–H and O–H groups in total. The standard InChI is InChI=1S/C13H22N2O4S/c16-12(17)9-1-3-10(4-2-9)14-13(18)15-11-5-7-20(19)8-6-11/h9-11H,1-8H2,(H,16,17)(H2,14,15,18). The van der Waals surface area contributed by atoms with Crippen LogP contribution < -0.4 is 10.6 Å². The number of carbonyl (C=O) groups excluding carboxylic acids is 1. The van der Waals surface area contributed by atoms with Crippen molar-refractivity contribution < 1.29 is 18.9 Å². The first-order chi connectivity index (χ1) is 9.54. The van der Waals surface area contributed by atoms with Gasteiger partial charge in [0, 0.05) is 34.4 Å². The van der Waals surface area contributed by atoms with Gasteiger partial charge in [-0.3, -0.25) is 9.00 Å². The highest BCUT2D eigenvalue weighted by Gasteiger charge is 2.27. The van der Waals surface area contributed by atoms with Gasteiger partial charge in [-0.15, -0.1) is 0 Å². The maximum Gasteiger partial charge on any atom is 0.315 e. The minimum atomic E-state index is -0.733. The number of hydrogen-bond acceptors (Lipinski definition) is 3. The fourth-order valence-corrected chi connectivity index (χ4v) is 4.13. The Hall–Kier alpha value is -1.11. The average molecular weight is 302 g/mol. The van der Waals surface area contributed by atoms with Crippen LogP contribution in [0.4, 0.5) is 4.79 Å². The molecule has 2 aliphatic rings. The number of carboxylic acids is 1. The molecule has 7 heteroatoms. The van der Waals surface area contributed by atoms with Crippen LogP contribution in [-0.2, 0) is 15.6 Å².